The highest BCUT2D eigenvalue weighted by Crippen LogP contribution is 2.26. The molecule has 0 unspecified atom stereocenters. The van der Waals surface area contributed by atoms with Gasteiger partial charge in [0.05, 0.1) is 9.82 Å². The lowest BCUT2D eigenvalue weighted by Gasteiger charge is -2.11. The predicted molar refractivity (Wildman–Crippen MR) is 71.3 cm³/mol. The number of nitro benzene ring substituents is 1. The molecule has 0 aromatic heterocycles. The first-order valence-corrected chi connectivity index (χ1v) is 7.22. The van der Waals surface area contributed by atoms with E-state index in [-0.39, 0.29) is 16.1 Å². The number of hydrogen-bond donors (Lipinski definition) is 1. The standard InChI is InChI=1S/C11H17N3O4S/c1-13(2)8-4-5-9-10(14(15)16)6-3-7-11(9)19(12,17)18/h3,6-7H,4-5,8H2,1-2H3,(H2,12,17,18). The Bertz CT molecular complexity index is 569. The van der Waals surface area contributed by atoms with Crippen molar-refractivity contribution in [1.29, 1.82) is 0 Å². The quantitative estimate of drug-likeness (QED) is 0.613. The lowest BCUT2D eigenvalue weighted by Crippen LogP contribution is -2.17. The second kappa shape index (κ2) is 6.09. The van der Waals surface area contributed by atoms with Crippen molar-refractivity contribution in [3.8, 4) is 0 Å². The maximum absolute atomic E-state index is 11.5. The van der Waals surface area contributed by atoms with Gasteiger partial charge in [-0.05, 0) is 39.5 Å². The molecule has 0 amide bonds. The minimum atomic E-state index is -3.96. The zero-order valence-corrected chi connectivity index (χ0v) is 11.7. The van der Waals surface area contributed by atoms with Gasteiger partial charge < -0.3 is 4.90 Å². The smallest absolute Gasteiger partial charge is 0.273 e. The zero-order valence-electron chi connectivity index (χ0n) is 10.9. The Hall–Kier alpha value is -1.51. The summed E-state index contributed by atoms with van der Waals surface area (Å²) in [6, 6.07) is 3.92. The van der Waals surface area contributed by atoms with Crippen molar-refractivity contribution in [2.45, 2.75) is 17.7 Å². The lowest BCUT2D eigenvalue weighted by atomic mass is 10.1. The van der Waals surface area contributed by atoms with Crippen LogP contribution in [0.2, 0.25) is 0 Å². The largest absolute Gasteiger partial charge is 0.309 e. The van der Waals surface area contributed by atoms with E-state index in [0.717, 1.165) is 0 Å². The highest BCUT2D eigenvalue weighted by atomic mass is 32.2. The van der Waals surface area contributed by atoms with Gasteiger partial charge in [0.25, 0.3) is 5.69 Å². The van der Waals surface area contributed by atoms with Crippen molar-refractivity contribution in [3.05, 3.63) is 33.9 Å². The van der Waals surface area contributed by atoms with Gasteiger partial charge in [-0.3, -0.25) is 10.1 Å². The highest BCUT2D eigenvalue weighted by Gasteiger charge is 2.22. The van der Waals surface area contributed by atoms with Crippen LogP contribution in [0.5, 0.6) is 0 Å². The number of benzene rings is 1. The third kappa shape index (κ3) is 4.27. The van der Waals surface area contributed by atoms with E-state index in [2.05, 4.69) is 0 Å². The summed E-state index contributed by atoms with van der Waals surface area (Å²) < 4.78 is 22.9. The summed E-state index contributed by atoms with van der Waals surface area (Å²) in [4.78, 5) is 12.1. The molecule has 1 rings (SSSR count). The van der Waals surface area contributed by atoms with Crippen LogP contribution in [0, 0.1) is 10.1 Å². The summed E-state index contributed by atoms with van der Waals surface area (Å²) in [5.41, 5.74) is -0.0258. The van der Waals surface area contributed by atoms with E-state index in [1.165, 1.54) is 18.2 Å². The van der Waals surface area contributed by atoms with Crippen LogP contribution in [-0.2, 0) is 16.4 Å². The molecule has 8 heteroatoms. The van der Waals surface area contributed by atoms with Gasteiger partial charge in [-0.15, -0.1) is 0 Å². The van der Waals surface area contributed by atoms with Gasteiger partial charge in [0.1, 0.15) is 0 Å². The van der Waals surface area contributed by atoms with E-state index in [1.54, 1.807) is 0 Å². The Balaban J connectivity index is 3.19. The van der Waals surface area contributed by atoms with Crippen molar-refractivity contribution in [3.63, 3.8) is 0 Å². The SMILES string of the molecule is CN(C)CCCc1c([N+](=O)[O-])cccc1S(N)(=O)=O. The number of sulfonamides is 1. The Labute approximate surface area is 112 Å². The molecule has 0 bridgehead atoms. The van der Waals surface area contributed by atoms with Crippen LogP contribution in [0.25, 0.3) is 0 Å². The second-order valence-electron chi connectivity index (χ2n) is 4.46. The molecular formula is C11H17N3O4S. The molecule has 0 heterocycles. The second-order valence-corrected chi connectivity index (χ2v) is 5.99. The Morgan fingerprint density at radius 2 is 2.00 bits per heavy atom. The molecule has 106 valence electrons. The predicted octanol–water partition coefficient (Wildman–Crippen LogP) is 0.736. The first-order valence-electron chi connectivity index (χ1n) is 5.67. The molecule has 0 atom stereocenters. The van der Waals surface area contributed by atoms with Gasteiger partial charge >= 0.3 is 0 Å². The molecular weight excluding hydrogens is 270 g/mol. The van der Waals surface area contributed by atoms with Crippen LogP contribution < -0.4 is 5.14 Å². The summed E-state index contributed by atoms with van der Waals surface area (Å²) in [6.45, 7) is 0.704. The Morgan fingerprint density at radius 3 is 2.47 bits per heavy atom. The molecule has 2 N–H and O–H groups in total. The molecule has 19 heavy (non-hydrogen) atoms. The van der Waals surface area contributed by atoms with E-state index in [0.29, 0.717) is 19.4 Å². The first kappa shape index (κ1) is 15.5. The molecule has 0 saturated carbocycles. The average Bonchev–Trinajstić information content (AvgIpc) is 2.26. The molecule has 0 aliphatic carbocycles. The van der Waals surface area contributed by atoms with Gasteiger partial charge in [-0.2, -0.15) is 0 Å². The van der Waals surface area contributed by atoms with E-state index < -0.39 is 14.9 Å². The molecule has 7 nitrogen and oxygen atoms in total. The number of primary sulfonamides is 1. The Kier molecular flexibility index (Phi) is 4.98. The number of rotatable bonds is 6. The molecule has 0 spiro atoms. The van der Waals surface area contributed by atoms with Gasteiger partial charge in [0.2, 0.25) is 10.0 Å². The van der Waals surface area contributed by atoms with Crippen LogP contribution in [-0.4, -0.2) is 38.9 Å². The fourth-order valence-corrected chi connectivity index (χ4v) is 2.63. The maximum atomic E-state index is 11.5. The van der Waals surface area contributed by atoms with E-state index in [1.807, 2.05) is 19.0 Å². The first-order chi connectivity index (χ1) is 8.73. The van der Waals surface area contributed by atoms with Crippen LogP contribution >= 0.6 is 0 Å². The minimum Gasteiger partial charge on any atom is -0.309 e. The Morgan fingerprint density at radius 1 is 1.37 bits per heavy atom. The molecule has 0 fully saturated rings. The average molecular weight is 287 g/mol. The molecule has 0 aliphatic rings. The van der Waals surface area contributed by atoms with Gasteiger partial charge in [0, 0.05) is 11.6 Å². The minimum absolute atomic E-state index is 0.166. The monoisotopic (exact) mass is 287 g/mol. The highest BCUT2D eigenvalue weighted by molar-refractivity contribution is 7.89. The third-order valence-corrected chi connectivity index (χ3v) is 3.64. The third-order valence-electron chi connectivity index (χ3n) is 2.64. The summed E-state index contributed by atoms with van der Waals surface area (Å²) in [5, 5.41) is 16.1. The lowest BCUT2D eigenvalue weighted by molar-refractivity contribution is -0.385. The van der Waals surface area contributed by atoms with Gasteiger partial charge in [-0.1, -0.05) is 6.07 Å². The number of hydrogen-bond acceptors (Lipinski definition) is 5. The fraction of sp³-hybridized carbons (Fsp3) is 0.455. The van der Waals surface area contributed by atoms with Crippen molar-refractivity contribution >= 4 is 15.7 Å². The van der Waals surface area contributed by atoms with Crippen LogP contribution in [0.15, 0.2) is 23.1 Å². The van der Waals surface area contributed by atoms with E-state index >= 15 is 0 Å². The van der Waals surface area contributed by atoms with Crippen LogP contribution in [0.1, 0.15) is 12.0 Å². The molecule has 1 aromatic rings. The van der Waals surface area contributed by atoms with Crippen LogP contribution in [0.3, 0.4) is 0 Å². The molecule has 0 aliphatic heterocycles. The molecule has 0 radical (unpaired) electrons. The number of nitro groups is 1. The summed E-state index contributed by atoms with van der Waals surface area (Å²) in [7, 11) is -0.208. The van der Waals surface area contributed by atoms with Gasteiger partial charge in [0.15, 0.2) is 0 Å². The van der Waals surface area contributed by atoms with Crippen molar-refractivity contribution in [2.24, 2.45) is 5.14 Å². The zero-order chi connectivity index (χ0) is 14.6. The number of nitrogens with two attached hydrogens (primary N) is 1. The van der Waals surface area contributed by atoms with E-state index in [9.17, 15) is 18.5 Å². The summed E-state index contributed by atoms with van der Waals surface area (Å²) >= 11 is 0. The topological polar surface area (TPSA) is 107 Å². The van der Waals surface area contributed by atoms with Crippen molar-refractivity contribution < 1.29 is 13.3 Å². The van der Waals surface area contributed by atoms with Crippen molar-refractivity contribution in [1.82, 2.24) is 4.90 Å². The van der Waals surface area contributed by atoms with E-state index in [4.69, 9.17) is 5.14 Å². The van der Waals surface area contributed by atoms with Crippen LogP contribution in [0.4, 0.5) is 5.69 Å². The summed E-state index contributed by atoms with van der Waals surface area (Å²) in [6.07, 6.45) is 0.904. The van der Waals surface area contributed by atoms with Crippen molar-refractivity contribution in [2.75, 3.05) is 20.6 Å². The molecule has 0 saturated heterocycles. The molecule has 1 aromatic carbocycles. The fourth-order valence-electron chi connectivity index (χ4n) is 1.82. The van der Waals surface area contributed by atoms with Gasteiger partial charge in [-0.25, -0.2) is 13.6 Å². The normalized spacial score (nSPS) is 11.8. The maximum Gasteiger partial charge on any atom is 0.273 e. The summed E-state index contributed by atoms with van der Waals surface area (Å²) in [5.74, 6) is 0. The number of nitrogens with zero attached hydrogens (tertiary/aromatic N) is 2.